The monoisotopic (exact) mass is 914 g/mol. The average Bonchev–Trinajstić information content (AvgIpc) is 3.50. The van der Waals surface area contributed by atoms with Gasteiger partial charge in [-0.15, -0.1) is 22.9 Å². The van der Waals surface area contributed by atoms with Gasteiger partial charge in [0, 0.05) is 44.4 Å². The summed E-state index contributed by atoms with van der Waals surface area (Å²) in [5.41, 5.74) is 1.79. The van der Waals surface area contributed by atoms with Crippen LogP contribution in [0.3, 0.4) is 0 Å². The van der Waals surface area contributed by atoms with Crippen molar-refractivity contribution in [3.8, 4) is 11.8 Å². The molecule has 4 amide bonds. The van der Waals surface area contributed by atoms with Crippen LogP contribution in [0.15, 0.2) is 34.8 Å². The molecule has 0 saturated heterocycles. The summed E-state index contributed by atoms with van der Waals surface area (Å²) in [5.74, 6) is 0.220. The van der Waals surface area contributed by atoms with Crippen LogP contribution in [0.25, 0.3) is 0 Å². The number of halogens is 2. The molecule has 4 aromatic rings. The lowest BCUT2D eigenvalue weighted by Gasteiger charge is -2.29. The summed E-state index contributed by atoms with van der Waals surface area (Å²) in [4.78, 5) is 63.9. The van der Waals surface area contributed by atoms with E-state index < -0.39 is 27.0 Å². The van der Waals surface area contributed by atoms with Gasteiger partial charge in [-0.2, -0.15) is 33.3 Å². The fourth-order valence-electron chi connectivity index (χ4n) is 4.85. The van der Waals surface area contributed by atoms with Crippen LogP contribution in [0.4, 0.5) is 28.3 Å². The van der Waals surface area contributed by atoms with Crippen LogP contribution < -0.4 is 35.0 Å². The molecule has 0 aliphatic heterocycles. The number of urea groups is 1. The summed E-state index contributed by atoms with van der Waals surface area (Å²) in [7, 11) is 2.78. The summed E-state index contributed by atoms with van der Waals surface area (Å²) < 4.78 is 41.8. The van der Waals surface area contributed by atoms with Crippen LogP contribution in [0.5, 0.6) is 11.8 Å². The minimum atomic E-state index is -4.46. The number of carbonyl (C=O) groups is 3. The number of methoxy groups -OCH3 is 3. The molecule has 0 unspecified atom stereocenters. The van der Waals surface area contributed by atoms with Gasteiger partial charge in [-0.3, -0.25) is 14.9 Å². The molecule has 0 aromatic carbocycles. The Bertz CT molecular complexity index is 2130. The molecule has 1 atom stereocenters. The molecule has 0 aliphatic carbocycles. The van der Waals surface area contributed by atoms with E-state index in [1.54, 1.807) is 28.1 Å². The summed E-state index contributed by atoms with van der Waals surface area (Å²) in [5, 5.41) is 9.93. The number of nitrogens with zero attached hydrogens (tertiary/aromatic N) is 8. The van der Waals surface area contributed by atoms with E-state index in [1.807, 2.05) is 48.5 Å². The van der Waals surface area contributed by atoms with Gasteiger partial charge in [0.15, 0.2) is 5.03 Å². The normalized spacial score (nSPS) is 11.4. The van der Waals surface area contributed by atoms with Crippen LogP contribution in [0.1, 0.15) is 55.4 Å². The first kappa shape index (κ1) is 51.0. The Balaban J connectivity index is 0.000000332. The van der Waals surface area contributed by atoms with E-state index in [-0.39, 0.29) is 51.9 Å². The maximum Gasteiger partial charge on any atom is 0.335 e. The number of carbonyl (C=O) groups excluding carboxylic acids is 3. The van der Waals surface area contributed by atoms with E-state index >= 15 is 0 Å². The number of aryl methyl sites for hydroxylation is 2. The number of pyridine rings is 1. The third-order valence-electron chi connectivity index (χ3n) is 7.23. The first-order valence-electron chi connectivity index (χ1n) is 17.9. The smallest absolute Gasteiger partial charge is 0.335 e. The number of thiophene rings is 1. The van der Waals surface area contributed by atoms with Gasteiger partial charge < -0.3 is 34.6 Å². The molecule has 0 fully saturated rings. The van der Waals surface area contributed by atoms with E-state index in [2.05, 4.69) is 51.2 Å². The average molecular weight is 916 g/mol. The maximum atomic E-state index is 12.5. The van der Waals surface area contributed by atoms with Gasteiger partial charge in [0.2, 0.25) is 40.8 Å². The van der Waals surface area contributed by atoms with Gasteiger partial charge in [0.25, 0.3) is 15.9 Å². The second-order valence-electron chi connectivity index (χ2n) is 13.6. The summed E-state index contributed by atoms with van der Waals surface area (Å²) in [6.07, 6.45) is 1.19. The number of rotatable bonds is 14. The van der Waals surface area contributed by atoms with Crippen molar-refractivity contribution in [2.75, 3.05) is 75.3 Å². The first-order chi connectivity index (χ1) is 28.1. The SMILES string of the molecule is CCNc1nc(Cl)nc(NC(C)(C)C)n1.COC[C@H](C)N(C(=O)CCl)c1c(C)csc1C.COc1cc(OC)nc(NC(=O)NS(=O)(=O)c2ncccc2C(=O)N(C)C)n1. The molecular weight excluding hydrogens is 864 g/mol. The van der Waals surface area contributed by atoms with Crippen molar-refractivity contribution in [2.45, 2.75) is 65.1 Å². The Kier molecular flexibility index (Phi) is 20.0. The number of ether oxygens (including phenoxy) is 3. The predicted molar refractivity (Wildman–Crippen MR) is 232 cm³/mol. The lowest BCUT2D eigenvalue weighted by Crippen LogP contribution is -2.42. The summed E-state index contributed by atoms with van der Waals surface area (Å²) in [6.45, 7) is 15.3. The van der Waals surface area contributed by atoms with Crippen LogP contribution in [0, 0.1) is 13.8 Å². The molecule has 0 aliphatic rings. The Morgan fingerprint density at radius 3 is 2.08 bits per heavy atom. The third-order valence-corrected chi connectivity index (χ3v) is 9.94. The van der Waals surface area contributed by atoms with E-state index in [0.29, 0.717) is 18.5 Å². The van der Waals surface area contributed by atoms with Crippen molar-refractivity contribution in [3.63, 3.8) is 0 Å². The Hall–Kier alpha value is -5.16. The minimum absolute atomic E-state index is 0.0111. The molecule has 60 heavy (non-hydrogen) atoms. The molecular formula is C36H52Cl2N12O8S2. The molecule has 4 heterocycles. The van der Waals surface area contributed by atoms with Gasteiger partial charge in [-0.1, -0.05) is 0 Å². The molecule has 20 nitrogen and oxygen atoms in total. The van der Waals surface area contributed by atoms with Crippen molar-refractivity contribution < 1.29 is 37.0 Å². The largest absolute Gasteiger partial charge is 0.481 e. The summed E-state index contributed by atoms with van der Waals surface area (Å²) in [6, 6.07) is 2.89. The number of hydrogen-bond donors (Lipinski definition) is 4. The molecule has 0 bridgehead atoms. The van der Waals surface area contributed by atoms with Gasteiger partial charge >= 0.3 is 6.03 Å². The molecule has 0 spiro atoms. The standard InChI is InChI=1S/C15H18N6O6S.C12H18ClNO2S.C9H16ClN5/c1-21(2)13(22)9-6-5-7-16-12(9)28(24,25)20-15(23)19-14-17-10(26-3)8-11(18-14)27-4;1-8-7-17-10(3)12(8)14(11(15)5-13)9(2)6-16-4;1-5-11-7-12-6(10)13-8(14-7)15-9(2,3)4/h5-8H,1-4H3,(H2,17,18,19,20,23);7,9H,5-6H2,1-4H3;5H2,1-4H3,(H2,11,12,13,14,15)/t;9-;/m.0./s1. The third kappa shape index (κ3) is 15.8. The quantitative estimate of drug-likeness (QED) is 0.118. The van der Waals surface area contributed by atoms with Crippen LogP contribution in [0.2, 0.25) is 5.28 Å². The van der Waals surface area contributed by atoms with Crippen LogP contribution in [-0.2, 0) is 19.6 Å². The minimum Gasteiger partial charge on any atom is -0.481 e. The number of alkyl halides is 1. The first-order valence-corrected chi connectivity index (χ1v) is 21.2. The highest BCUT2D eigenvalue weighted by atomic mass is 35.5. The molecule has 0 radical (unpaired) electrons. The van der Waals surface area contributed by atoms with Crippen LogP contribution in [-0.4, -0.2) is 127 Å². The van der Waals surface area contributed by atoms with Crippen molar-refractivity contribution >= 4 is 85.9 Å². The summed E-state index contributed by atoms with van der Waals surface area (Å²) >= 11 is 13.1. The fraction of sp³-hybridized carbons (Fsp3) is 0.472. The Labute approximate surface area is 364 Å². The van der Waals surface area contributed by atoms with Crippen molar-refractivity contribution in [1.29, 1.82) is 0 Å². The molecule has 330 valence electrons. The highest BCUT2D eigenvalue weighted by Gasteiger charge is 2.28. The zero-order valence-corrected chi connectivity index (χ0v) is 38.6. The van der Waals surface area contributed by atoms with E-state index in [4.69, 9.17) is 37.4 Å². The van der Waals surface area contributed by atoms with Gasteiger partial charge in [-0.25, -0.2) is 14.5 Å². The molecule has 4 N–H and O–H groups in total. The van der Waals surface area contributed by atoms with Gasteiger partial charge in [-0.05, 0) is 83.1 Å². The Morgan fingerprint density at radius 1 is 0.967 bits per heavy atom. The number of amides is 4. The van der Waals surface area contributed by atoms with Crippen molar-refractivity contribution in [2.24, 2.45) is 0 Å². The zero-order valence-electron chi connectivity index (χ0n) is 35.5. The molecule has 4 aromatic heterocycles. The number of nitrogens with one attached hydrogen (secondary N) is 4. The van der Waals surface area contributed by atoms with Gasteiger partial charge in [0.1, 0.15) is 5.88 Å². The number of anilines is 4. The number of hydrogen-bond acceptors (Lipinski definition) is 17. The maximum absolute atomic E-state index is 12.5. The fourth-order valence-corrected chi connectivity index (χ4v) is 7.01. The lowest BCUT2D eigenvalue weighted by molar-refractivity contribution is -0.116. The molecule has 4 rings (SSSR count). The highest BCUT2D eigenvalue weighted by molar-refractivity contribution is 7.90. The molecule has 24 heteroatoms. The lowest BCUT2D eigenvalue weighted by atomic mass is 10.1. The van der Waals surface area contributed by atoms with Gasteiger partial charge in [0.05, 0.1) is 44.2 Å². The van der Waals surface area contributed by atoms with Crippen molar-refractivity contribution in [1.82, 2.24) is 39.5 Å². The second-order valence-corrected chi connectivity index (χ2v) is 16.9. The van der Waals surface area contributed by atoms with Crippen LogP contribution >= 0.6 is 34.5 Å². The zero-order chi connectivity index (χ0) is 45.4. The number of sulfonamides is 1. The Morgan fingerprint density at radius 2 is 1.58 bits per heavy atom. The van der Waals surface area contributed by atoms with Crippen molar-refractivity contribution in [3.05, 3.63) is 51.1 Å². The van der Waals surface area contributed by atoms with E-state index in [0.717, 1.165) is 22.7 Å². The number of aromatic nitrogens is 6. The predicted octanol–water partition coefficient (Wildman–Crippen LogP) is 5.24. The molecule has 0 saturated carbocycles. The second kappa shape index (κ2) is 23.6. The highest BCUT2D eigenvalue weighted by Crippen LogP contribution is 2.32. The van der Waals surface area contributed by atoms with E-state index in [9.17, 15) is 22.8 Å². The van der Waals surface area contributed by atoms with E-state index in [1.165, 1.54) is 57.6 Å². The topological polar surface area (TPSA) is 245 Å².